The zero-order valence-corrected chi connectivity index (χ0v) is 40.6. The summed E-state index contributed by atoms with van der Waals surface area (Å²) in [5, 5.41) is 17.8. The summed E-state index contributed by atoms with van der Waals surface area (Å²) < 4.78 is 43.0. The van der Waals surface area contributed by atoms with E-state index in [1.807, 2.05) is 22.0 Å². The molecular formula is C43H65ClFN11O9S2. The van der Waals surface area contributed by atoms with Crippen molar-refractivity contribution in [3.63, 3.8) is 0 Å². The molecule has 0 radical (unpaired) electrons. The molecule has 4 aliphatic heterocycles. The van der Waals surface area contributed by atoms with Crippen LogP contribution in [0.2, 0.25) is 0 Å². The Kier molecular flexibility index (Phi) is 21.4. The van der Waals surface area contributed by atoms with E-state index in [4.69, 9.17) is 35.3 Å². The van der Waals surface area contributed by atoms with Gasteiger partial charge in [-0.3, -0.25) is 14.9 Å². The largest absolute Gasteiger partial charge is 0.497 e. The summed E-state index contributed by atoms with van der Waals surface area (Å²) in [6.07, 6.45) is 0.744. The normalized spacial score (nSPS) is 23.2. The molecule has 0 saturated carbocycles. The second-order valence-corrected chi connectivity index (χ2v) is 19.5. The molecule has 8 N–H and O–H groups in total. The third-order valence-electron chi connectivity index (χ3n) is 11.3. The lowest BCUT2D eigenvalue weighted by Crippen LogP contribution is -2.55. The van der Waals surface area contributed by atoms with Gasteiger partial charge in [-0.1, -0.05) is 6.07 Å². The van der Waals surface area contributed by atoms with Crippen molar-refractivity contribution >= 4 is 64.7 Å². The maximum absolute atomic E-state index is 14.7. The highest BCUT2D eigenvalue weighted by atomic mass is 35.5. The van der Waals surface area contributed by atoms with Gasteiger partial charge < -0.3 is 60.1 Å². The lowest BCUT2D eigenvalue weighted by molar-refractivity contribution is -0.133. The minimum absolute atomic E-state index is 0.0154. The molecular weight excluding hydrogens is 933 g/mol. The van der Waals surface area contributed by atoms with Crippen molar-refractivity contribution in [3.8, 4) is 11.5 Å². The zero-order chi connectivity index (χ0) is 47.5. The van der Waals surface area contributed by atoms with Crippen LogP contribution < -0.4 is 52.3 Å². The predicted molar refractivity (Wildman–Crippen MR) is 256 cm³/mol. The Hall–Kier alpha value is -3.88. The highest BCUT2D eigenvalue weighted by Crippen LogP contribution is 2.28. The third-order valence-corrected chi connectivity index (χ3v) is 14.5. The second kappa shape index (κ2) is 27.3. The van der Waals surface area contributed by atoms with Crippen LogP contribution in [0, 0.1) is 5.82 Å². The van der Waals surface area contributed by atoms with Gasteiger partial charge in [-0.25, -0.2) is 24.4 Å². The average Bonchev–Trinajstić information content (AvgIpc) is 3.96. The molecule has 7 atom stereocenters. The minimum Gasteiger partial charge on any atom is -0.497 e. The Bertz CT molecular complexity index is 1900. The van der Waals surface area contributed by atoms with Gasteiger partial charge in [-0.05, 0) is 50.7 Å². The molecule has 4 heterocycles. The summed E-state index contributed by atoms with van der Waals surface area (Å²) in [6, 6.07) is 10.4. The second-order valence-electron chi connectivity index (χ2n) is 16.5. The standard InChI is InChI=1S/C43H65ClFN11O9S2/c1-28(34-9-8-33(61-3)23-36(34)45)47-39(58)37(67-40-35(44)24-46-41(59)50-40)10-16-62-18-19-63-20-21-64-26-31-25-56(53-52-31)15-17-65-32-6-4-29(5-7-32)48-42(60)51-43-49-30(27-66-43)22-38(57)55-13-11-54(2)12-14-55/h4-9,23,28,30-31,35,37,40,43,49,52-53H,10-22,24-27H2,1-3H3,(H,47,58)(H2,46,50,59)(H2,48,51,60)/t28-,30?,31?,35?,37+,40?,43?/m1/s1. The van der Waals surface area contributed by atoms with E-state index in [0.29, 0.717) is 88.3 Å². The van der Waals surface area contributed by atoms with Crippen LogP contribution in [-0.2, 0) is 23.8 Å². The number of hydrogen-bond donors (Lipinski definition) is 8. The van der Waals surface area contributed by atoms with Crippen LogP contribution in [0.25, 0.3) is 0 Å². The van der Waals surface area contributed by atoms with Gasteiger partial charge in [0.05, 0.1) is 68.2 Å². The van der Waals surface area contributed by atoms with E-state index >= 15 is 0 Å². The predicted octanol–water partition coefficient (Wildman–Crippen LogP) is 1.85. The number of halogens is 2. The van der Waals surface area contributed by atoms with Gasteiger partial charge >= 0.3 is 12.1 Å². The zero-order valence-electron chi connectivity index (χ0n) is 38.2. The number of piperazine rings is 1. The van der Waals surface area contributed by atoms with Crippen molar-refractivity contribution in [2.24, 2.45) is 0 Å². The molecule has 2 aromatic carbocycles. The van der Waals surface area contributed by atoms with Gasteiger partial charge in [-0.2, -0.15) is 5.53 Å². The van der Waals surface area contributed by atoms with Crippen LogP contribution in [0.4, 0.5) is 19.7 Å². The van der Waals surface area contributed by atoms with E-state index in [0.717, 1.165) is 31.9 Å². The van der Waals surface area contributed by atoms with E-state index in [1.165, 1.54) is 24.9 Å². The topological polar surface area (TPSA) is 220 Å². The summed E-state index contributed by atoms with van der Waals surface area (Å²) in [6.45, 7) is 9.17. The molecule has 4 aliphatic rings. The quantitative estimate of drug-likeness (QED) is 0.0526. The van der Waals surface area contributed by atoms with Crippen LogP contribution in [0.1, 0.15) is 31.4 Å². The number of alkyl halides is 1. The molecule has 0 bridgehead atoms. The minimum atomic E-state index is -0.639. The van der Waals surface area contributed by atoms with Gasteiger partial charge in [0.1, 0.15) is 29.4 Å². The molecule has 4 fully saturated rings. The Morgan fingerprint density at radius 2 is 1.70 bits per heavy atom. The van der Waals surface area contributed by atoms with Crippen molar-refractivity contribution in [2.75, 3.05) is 117 Å². The molecule has 6 rings (SSSR count). The molecule has 24 heteroatoms. The molecule has 67 heavy (non-hydrogen) atoms. The monoisotopic (exact) mass is 997 g/mol. The third kappa shape index (κ3) is 17.5. The summed E-state index contributed by atoms with van der Waals surface area (Å²) >= 11 is 9.27. The summed E-state index contributed by atoms with van der Waals surface area (Å²) in [5.74, 6) is 1.14. The van der Waals surface area contributed by atoms with Gasteiger partial charge in [0.15, 0.2) is 0 Å². The first kappa shape index (κ1) is 52.5. The highest BCUT2D eigenvalue weighted by molar-refractivity contribution is 8.01. The number of likely N-dealkylation sites (N-methyl/N-ethyl adjacent to an activating group) is 1. The number of nitrogens with zero attached hydrogens (tertiary/aromatic N) is 3. The van der Waals surface area contributed by atoms with Crippen LogP contribution >= 0.6 is 35.1 Å². The molecule has 20 nitrogen and oxygen atoms in total. The number of amides is 6. The number of nitrogens with one attached hydrogen (secondary N) is 8. The Labute approximate surface area is 404 Å². The van der Waals surface area contributed by atoms with Crippen molar-refractivity contribution < 1.29 is 47.3 Å². The van der Waals surface area contributed by atoms with Crippen molar-refractivity contribution in [2.45, 2.75) is 59.4 Å². The Balaban J connectivity index is 0.777. The number of rotatable bonds is 25. The first-order valence-electron chi connectivity index (χ1n) is 22.5. The molecule has 2 aromatic rings. The average molecular weight is 999 g/mol. The number of hydrogen-bond acceptors (Lipinski definition) is 16. The first-order chi connectivity index (χ1) is 32.4. The van der Waals surface area contributed by atoms with Gasteiger partial charge in [0.25, 0.3) is 0 Å². The van der Waals surface area contributed by atoms with Gasteiger partial charge in [0.2, 0.25) is 11.8 Å². The van der Waals surface area contributed by atoms with E-state index in [2.05, 4.69) is 54.8 Å². The molecule has 0 aromatic heterocycles. The van der Waals surface area contributed by atoms with Crippen LogP contribution in [0.3, 0.4) is 0 Å². The fraction of sp³-hybridized carbons (Fsp3) is 0.628. The van der Waals surface area contributed by atoms with Gasteiger partial charge in [0, 0.05) is 88.0 Å². The van der Waals surface area contributed by atoms with Crippen LogP contribution in [0.5, 0.6) is 11.5 Å². The lowest BCUT2D eigenvalue weighted by Gasteiger charge is -2.33. The van der Waals surface area contributed by atoms with E-state index in [9.17, 15) is 23.6 Å². The van der Waals surface area contributed by atoms with Crippen LogP contribution in [-0.4, -0.2) is 184 Å². The molecule has 5 unspecified atom stereocenters. The number of carbonyl (C=O) groups is 4. The van der Waals surface area contributed by atoms with E-state index < -0.39 is 27.9 Å². The number of urea groups is 2. The lowest BCUT2D eigenvalue weighted by atomic mass is 10.1. The van der Waals surface area contributed by atoms with Crippen molar-refractivity contribution in [1.29, 1.82) is 0 Å². The SMILES string of the molecule is COc1ccc([C@@H](C)NC(=O)[C@H](CCOCCOCCOCC2CN(CCOc3ccc(NC(=O)NC4NC(CC(=O)N5CCN(C)CC5)CS4)cc3)NN2)SC2NC(=O)NCC2Cl)c(F)c1. The summed E-state index contributed by atoms with van der Waals surface area (Å²) in [5.41, 5.74) is 7.04. The fourth-order valence-corrected chi connectivity index (χ4v) is 10.1. The number of thioether (sulfide) groups is 2. The molecule has 4 saturated heterocycles. The first-order valence-corrected chi connectivity index (χ1v) is 25.0. The highest BCUT2D eigenvalue weighted by Gasteiger charge is 2.33. The Morgan fingerprint density at radius 3 is 2.45 bits per heavy atom. The smallest absolute Gasteiger partial charge is 0.321 e. The fourth-order valence-electron chi connectivity index (χ4n) is 7.45. The van der Waals surface area contributed by atoms with E-state index in [1.54, 1.807) is 43.0 Å². The number of methoxy groups -OCH3 is 1. The van der Waals surface area contributed by atoms with E-state index in [-0.39, 0.29) is 54.6 Å². The number of benzene rings is 2. The van der Waals surface area contributed by atoms with Crippen molar-refractivity contribution in [1.82, 2.24) is 52.4 Å². The molecule has 0 spiro atoms. The molecule has 0 aliphatic carbocycles. The summed E-state index contributed by atoms with van der Waals surface area (Å²) in [7, 11) is 3.52. The Morgan fingerprint density at radius 1 is 0.970 bits per heavy atom. The number of ether oxygens (including phenoxy) is 5. The van der Waals surface area contributed by atoms with Crippen molar-refractivity contribution in [3.05, 3.63) is 53.8 Å². The maximum atomic E-state index is 14.7. The molecule has 6 amide bonds. The number of carbonyl (C=O) groups excluding carboxylic acids is 4. The van der Waals surface area contributed by atoms with Gasteiger partial charge in [-0.15, -0.1) is 35.1 Å². The number of anilines is 1. The maximum Gasteiger partial charge on any atom is 0.321 e. The summed E-state index contributed by atoms with van der Waals surface area (Å²) in [4.78, 5) is 54.9. The number of hydrazine groups is 2. The molecule has 372 valence electrons. The van der Waals surface area contributed by atoms with Crippen LogP contribution in [0.15, 0.2) is 42.5 Å².